The van der Waals surface area contributed by atoms with Crippen molar-refractivity contribution in [1.82, 2.24) is 10.6 Å². The molecule has 0 radical (unpaired) electrons. The number of hydrogen-bond acceptors (Lipinski definition) is 2. The minimum atomic E-state index is -0.106. The third-order valence-electron chi connectivity index (χ3n) is 2.60. The van der Waals surface area contributed by atoms with Crippen molar-refractivity contribution in [1.29, 1.82) is 0 Å². The average molecular weight is 296 g/mol. The molecule has 1 amide bonds. The molecule has 1 heterocycles. The first kappa shape index (κ1) is 14.6. The van der Waals surface area contributed by atoms with Gasteiger partial charge in [0.15, 0.2) is 0 Å². The van der Waals surface area contributed by atoms with Gasteiger partial charge in [0.2, 0.25) is 0 Å². The summed E-state index contributed by atoms with van der Waals surface area (Å²) in [7, 11) is 0. The molecule has 1 aliphatic rings. The van der Waals surface area contributed by atoms with Crippen molar-refractivity contribution in [3.8, 4) is 0 Å². The summed E-state index contributed by atoms with van der Waals surface area (Å²) in [6.07, 6.45) is 0. The van der Waals surface area contributed by atoms with Gasteiger partial charge in [-0.25, -0.2) is 0 Å². The zero-order valence-electron chi connectivity index (χ0n) is 9.00. The molecule has 1 aromatic rings. The lowest BCUT2D eigenvalue weighted by Crippen LogP contribution is -2.48. The van der Waals surface area contributed by atoms with Crippen LogP contribution in [0.1, 0.15) is 10.4 Å². The fourth-order valence-electron chi connectivity index (χ4n) is 1.47. The summed E-state index contributed by atoms with van der Waals surface area (Å²) in [6, 6.07) is 4.88. The second-order valence-corrected chi connectivity index (χ2v) is 4.68. The van der Waals surface area contributed by atoms with Gasteiger partial charge in [-0.3, -0.25) is 4.79 Å². The van der Waals surface area contributed by atoms with Gasteiger partial charge >= 0.3 is 0 Å². The van der Waals surface area contributed by atoms with Gasteiger partial charge in [-0.1, -0.05) is 23.2 Å². The molecule has 0 aromatic heterocycles. The van der Waals surface area contributed by atoms with Crippen molar-refractivity contribution in [3.05, 3.63) is 33.8 Å². The van der Waals surface area contributed by atoms with E-state index in [0.29, 0.717) is 28.1 Å². The number of hydrogen-bond donors (Lipinski definition) is 2. The molecule has 17 heavy (non-hydrogen) atoms. The van der Waals surface area contributed by atoms with Crippen LogP contribution in [0.25, 0.3) is 0 Å². The number of amides is 1. The highest BCUT2D eigenvalue weighted by Gasteiger charge is 2.17. The Bertz CT molecular complexity index is 408. The van der Waals surface area contributed by atoms with Gasteiger partial charge in [0, 0.05) is 31.1 Å². The van der Waals surface area contributed by atoms with Crippen molar-refractivity contribution in [2.24, 2.45) is 5.92 Å². The molecular weight excluding hydrogens is 282 g/mol. The second kappa shape index (κ2) is 6.45. The first-order valence-corrected chi connectivity index (χ1v) is 5.86. The molecule has 0 saturated carbocycles. The summed E-state index contributed by atoms with van der Waals surface area (Å²) in [6.45, 7) is 2.65. The Hall–Kier alpha value is -0.480. The number of nitrogens with one attached hydrogen (secondary N) is 2. The van der Waals surface area contributed by atoms with E-state index in [2.05, 4.69) is 10.6 Å². The van der Waals surface area contributed by atoms with Gasteiger partial charge in [0.25, 0.3) is 5.91 Å². The van der Waals surface area contributed by atoms with Gasteiger partial charge in [-0.05, 0) is 18.2 Å². The van der Waals surface area contributed by atoms with Crippen LogP contribution in [0.2, 0.25) is 10.0 Å². The standard InChI is InChI=1S/C11H12Cl2N2O.ClH/c12-9-2-1-8(3-10(9)13)11(16)15-6-7-4-14-5-7;/h1-3,7,14H,4-6H2,(H,15,16);1H. The second-order valence-electron chi connectivity index (χ2n) is 3.86. The maximum absolute atomic E-state index is 11.7. The highest BCUT2D eigenvalue weighted by molar-refractivity contribution is 6.42. The zero-order chi connectivity index (χ0) is 11.5. The highest BCUT2D eigenvalue weighted by atomic mass is 35.5. The van der Waals surface area contributed by atoms with Crippen molar-refractivity contribution in [3.63, 3.8) is 0 Å². The average Bonchev–Trinajstić information content (AvgIpc) is 2.19. The van der Waals surface area contributed by atoms with Gasteiger partial charge in [-0.15, -0.1) is 12.4 Å². The molecule has 1 fully saturated rings. The molecule has 2 rings (SSSR count). The third kappa shape index (κ3) is 3.75. The van der Waals surface area contributed by atoms with Crippen LogP contribution in [0, 0.1) is 5.92 Å². The largest absolute Gasteiger partial charge is 0.352 e. The first-order valence-electron chi connectivity index (χ1n) is 5.11. The van der Waals surface area contributed by atoms with E-state index < -0.39 is 0 Å². The van der Waals surface area contributed by atoms with E-state index in [1.807, 2.05) is 0 Å². The topological polar surface area (TPSA) is 41.1 Å². The Balaban J connectivity index is 0.00000144. The predicted molar refractivity (Wildman–Crippen MR) is 72.4 cm³/mol. The van der Waals surface area contributed by atoms with E-state index in [4.69, 9.17) is 23.2 Å². The van der Waals surface area contributed by atoms with Gasteiger partial charge in [0.05, 0.1) is 10.0 Å². The summed E-state index contributed by atoms with van der Waals surface area (Å²) in [5, 5.41) is 6.88. The van der Waals surface area contributed by atoms with E-state index in [9.17, 15) is 4.79 Å². The smallest absolute Gasteiger partial charge is 0.251 e. The lowest BCUT2D eigenvalue weighted by molar-refractivity contribution is 0.0942. The molecular formula is C11H13Cl3N2O. The summed E-state index contributed by atoms with van der Waals surface area (Å²) >= 11 is 11.6. The van der Waals surface area contributed by atoms with Gasteiger partial charge in [-0.2, -0.15) is 0 Å². The van der Waals surface area contributed by atoms with E-state index in [-0.39, 0.29) is 18.3 Å². The lowest BCUT2D eigenvalue weighted by atomic mass is 10.0. The van der Waals surface area contributed by atoms with Crippen LogP contribution in [0.4, 0.5) is 0 Å². The molecule has 6 heteroatoms. The summed E-state index contributed by atoms with van der Waals surface area (Å²) < 4.78 is 0. The van der Waals surface area contributed by atoms with Crippen LogP contribution >= 0.6 is 35.6 Å². The maximum Gasteiger partial charge on any atom is 0.251 e. The van der Waals surface area contributed by atoms with E-state index >= 15 is 0 Å². The van der Waals surface area contributed by atoms with E-state index in [1.54, 1.807) is 18.2 Å². The minimum absolute atomic E-state index is 0. The third-order valence-corrected chi connectivity index (χ3v) is 3.34. The molecule has 0 spiro atoms. The van der Waals surface area contributed by atoms with Crippen LogP contribution in [-0.4, -0.2) is 25.5 Å². The van der Waals surface area contributed by atoms with Gasteiger partial charge < -0.3 is 10.6 Å². The Morgan fingerprint density at radius 3 is 2.59 bits per heavy atom. The number of carbonyl (C=O) groups is 1. The lowest BCUT2D eigenvalue weighted by Gasteiger charge is -2.27. The SMILES string of the molecule is Cl.O=C(NCC1CNC1)c1ccc(Cl)c(Cl)c1. The monoisotopic (exact) mass is 294 g/mol. The van der Waals surface area contributed by atoms with Crippen molar-refractivity contribution < 1.29 is 4.79 Å². The van der Waals surface area contributed by atoms with Crippen molar-refractivity contribution in [2.75, 3.05) is 19.6 Å². The van der Waals surface area contributed by atoms with Crippen LogP contribution in [0.15, 0.2) is 18.2 Å². The Kier molecular flexibility index (Phi) is 5.53. The summed E-state index contributed by atoms with van der Waals surface area (Å²) in [5.41, 5.74) is 0.543. The molecule has 2 N–H and O–H groups in total. The van der Waals surface area contributed by atoms with Crippen LogP contribution in [-0.2, 0) is 0 Å². The van der Waals surface area contributed by atoms with Crippen LogP contribution < -0.4 is 10.6 Å². The highest BCUT2D eigenvalue weighted by Crippen LogP contribution is 2.22. The molecule has 0 aliphatic carbocycles. The molecule has 1 aromatic carbocycles. The van der Waals surface area contributed by atoms with E-state index in [1.165, 1.54) is 0 Å². The van der Waals surface area contributed by atoms with Crippen molar-refractivity contribution in [2.45, 2.75) is 0 Å². The molecule has 94 valence electrons. The molecule has 0 atom stereocenters. The molecule has 0 unspecified atom stereocenters. The zero-order valence-corrected chi connectivity index (χ0v) is 11.3. The van der Waals surface area contributed by atoms with Crippen molar-refractivity contribution >= 4 is 41.5 Å². The first-order chi connectivity index (χ1) is 7.66. The van der Waals surface area contributed by atoms with E-state index in [0.717, 1.165) is 13.1 Å². The predicted octanol–water partition coefficient (Wildman–Crippen LogP) is 2.36. The molecule has 1 aliphatic heterocycles. The summed E-state index contributed by atoms with van der Waals surface area (Å²) in [4.78, 5) is 11.7. The molecule has 1 saturated heterocycles. The van der Waals surface area contributed by atoms with Gasteiger partial charge in [0.1, 0.15) is 0 Å². The molecule has 0 bridgehead atoms. The maximum atomic E-state index is 11.7. The number of carbonyl (C=O) groups excluding carboxylic acids is 1. The Morgan fingerprint density at radius 1 is 1.35 bits per heavy atom. The number of rotatable bonds is 3. The minimum Gasteiger partial charge on any atom is -0.352 e. The Morgan fingerprint density at radius 2 is 2.06 bits per heavy atom. The fourth-order valence-corrected chi connectivity index (χ4v) is 1.77. The molecule has 3 nitrogen and oxygen atoms in total. The quantitative estimate of drug-likeness (QED) is 0.899. The summed E-state index contributed by atoms with van der Waals surface area (Å²) in [5.74, 6) is 0.442. The fraction of sp³-hybridized carbons (Fsp3) is 0.364. The number of benzene rings is 1. The number of halogens is 3. The van der Waals surface area contributed by atoms with Crippen LogP contribution in [0.3, 0.4) is 0 Å². The normalized spacial score (nSPS) is 14.7. The Labute approximate surface area is 116 Å². The van der Waals surface area contributed by atoms with Crippen LogP contribution in [0.5, 0.6) is 0 Å².